The third-order valence-corrected chi connectivity index (χ3v) is 7.15. The van der Waals surface area contributed by atoms with Crippen LogP contribution in [0.4, 0.5) is 8.78 Å². The molecule has 0 saturated heterocycles. The number of benzene rings is 3. The van der Waals surface area contributed by atoms with E-state index in [1.54, 1.807) is 13.2 Å². The van der Waals surface area contributed by atoms with Crippen molar-refractivity contribution in [2.24, 2.45) is 0 Å². The second-order valence-corrected chi connectivity index (χ2v) is 10.2. The molecule has 4 aromatic rings. The molecule has 4 N–H and O–H groups in total. The van der Waals surface area contributed by atoms with Crippen molar-refractivity contribution in [3.05, 3.63) is 89.0 Å². The van der Waals surface area contributed by atoms with Crippen LogP contribution in [0.3, 0.4) is 0 Å². The van der Waals surface area contributed by atoms with Gasteiger partial charge in [-0.1, -0.05) is 43.0 Å². The lowest BCUT2D eigenvalue weighted by Gasteiger charge is -2.25. The number of hydrogen-bond donors (Lipinski definition) is 4. The van der Waals surface area contributed by atoms with Crippen molar-refractivity contribution >= 4 is 28.7 Å². The maximum atomic E-state index is 13.8. The highest BCUT2D eigenvalue weighted by molar-refractivity contribution is 7.99. The number of rotatable bonds is 13. The number of carbonyl (C=O) groups is 1. The molecule has 3 aromatic carbocycles. The van der Waals surface area contributed by atoms with Gasteiger partial charge in [0.15, 0.2) is 5.16 Å². The highest BCUT2D eigenvalue weighted by Gasteiger charge is 2.23. The summed E-state index contributed by atoms with van der Waals surface area (Å²) in [5.41, 5.74) is 4.17. The fourth-order valence-corrected chi connectivity index (χ4v) is 4.97. The van der Waals surface area contributed by atoms with Crippen molar-refractivity contribution in [2.45, 2.75) is 43.6 Å². The number of nitrogens with zero attached hydrogens (tertiary/aromatic N) is 1. The van der Waals surface area contributed by atoms with Gasteiger partial charge in [-0.05, 0) is 53.8 Å². The predicted molar refractivity (Wildman–Crippen MR) is 149 cm³/mol. The number of ether oxygens (including phenoxy) is 1. The number of carbonyl (C=O) groups excluding carboxylic acids is 1. The number of aromatic amines is 1. The summed E-state index contributed by atoms with van der Waals surface area (Å²) in [6.07, 6.45) is -0.0168. The number of thioether (sulfide) groups is 1. The second kappa shape index (κ2) is 13.5. The molecule has 10 heteroatoms. The molecule has 0 bridgehead atoms. The first-order chi connectivity index (χ1) is 18.8. The number of nitrogens with one attached hydrogen (secondary N) is 3. The first-order valence-corrected chi connectivity index (χ1v) is 13.7. The molecule has 1 aromatic heterocycles. The maximum absolute atomic E-state index is 13.8. The molecule has 4 rings (SSSR count). The number of amides is 1. The Morgan fingerprint density at radius 2 is 1.85 bits per heavy atom. The SMILES string of the molecule is CCc1cccc(CNC[C@H](O)[C@H](Cc2cc(F)cc(F)c2)NC(=O)CSc2nc3ccc(OC)cc3[nH]2)c1. The van der Waals surface area contributed by atoms with Crippen LogP contribution in [0.25, 0.3) is 11.0 Å². The summed E-state index contributed by atoms with van der Waals surface area (Å²) in [6, 6.07) is 16.0. The van der Waals surface area contributed by atoms with E-state index in [2.05, 4.69) is 39.7 Å². The van der Waals surface area contributed by atoms with Gasteiger partial charge in [-0.2, -0.15) is 0 Å². The van der Waals surface area contributed by atoms with E-state index in [0.717, 1.165) is 29.1 Å². The number of aromatic nitrogens is 2. The Labute approximate surface area is 230 Å². The van der Waals surface area contributed by atoms with E-state index < -0.39 is 23.8 Å². The summed E-state index contributed by atoms with van der Waals surface area (Å²) in [7, 11) is 1.58. The van der Waals surface area contributed by atoms with Crippen LogP contribution in [-0.4, -0.2) is 52.5 Å². The van der Waals surface area contributed by atoms with Crippen LogP contribution in [0.1, 0.15) is 23.6 Å². The third kappa shape index (κ3) is 8.26. The van der Waals surface area contributed by atoms with Gasteiger partial charge in [-0.25, -0.2) is 13.8 Å². The fraction of sp³-hybridized carbons (Fsp3) is 0.310. The molecule has 1 heterocycles. The van der Waals surface area contributed by atoms with Crippen LogP contribution in [-0.2, 0) is 24.2 Å². The summed E-state index contributed by atoms with van der Waals surface area (Å²) in [4.78, 5) is 20.5. The van der Waals surface area contributed by atoms with Gasteiger partial charge in [0.05, 0.1) is 36.0 Å². The van der Waals surface area contributed by atoms with Gasteiger partial charge < -0.3 is 25.5 Å². The van der Waals surface area contributed by atoms with Gasteiger partial charge in [0.25, 0.3) is 0 Å². The van der Waals surface area contributed by atoms with Crippen molar-refractivity contribution in [3.63, 3.8) is 0 Å². The smallest absolute Gasteiger partial charge is 0.230 e. The number of aliphatic hydroxyl groups excluding tert-OH is 1. The summed E-state index contributed by atoms with van der Waals surface area (Å²) < 4.78 is 32.9. The summed E-state index contributed by atoms with van der Waals surface area (Å²) >= 11 is 1.21. The van der Waals surface area contributed by atoms with E-state index in [9.17, 15) is 18.7 Å². The van der Waals surface area contributed by atoms with Gasteiger partial charge in [0.1, 0.15) is 17.4 Å². The van der Waals surface area contributed by atoms with Crippen molar-refractivity contribution < 1.29 is 23.4 Å². The highest BCUT2D eigenvalue weighted by Crippen LogP contribution is 2.23. The Balaban J connectivity index is 1.39. The van der Waals surface area contributed by atoms with Crippen LogP contribution in [0.15, 0.2) is 65.8 Å². The van der Waals surface area contributed by atoms with E-state index in [-0.39, 0.29) is 24.6 Å². The van der Waals surface area contributed by atoms with Crippen molar-refractivity contribution in [1.29, 1.82) is 0 Å². The molecule has 2 atom stereocenters. The second-order valence-electron chi connectivity index (χ2n) is 9.24. The molecular formula is C29H32F2N4O3S. The number of imidazole rings is 1. The number of methoxy groups -OCH3 is 1. The Hall–Kier alpha value is -3.47. The zero-order valence-corrected chi connectivity index (χ0v) is 22.7. The average molecular weight is 555 g/mol. The first-order valence-electron chi connectivity index (χ1n) is 12.7. The van der Waals surface area contributed by atoms with E-state index in [1.807, 2.05) is 24.3 Å². The Kier molecular flexibility index (Phi) is 9.91. The number of halogens is 2. The lowest BCUT2D eigenvalue weighted by Crippen LogP contribution is -2.49. The fourth-order valence-electron chi connectivity index (χ4n) is 4.28. The van der Waals surface area contributed by atoms with Crippen LogP contribution >= 0.6 is 11.8 Å². The standard InChI is InChI=1S/C29H32F2N4O3S/c1-3-18-5-4-6-19(9-18)15-32-16-27(36)26(12-20-10-21(30)13-22(31)11-20)33-28(37)17-39-29-34-24-8-7-23(38-2)14-25(24)35-29/h4-11,13-14,26-27,32,36H,3,12,15-17H2,1-2H3,(H,33,37)(H,34,35)/t26-,27-/m0/s1. The Morgan fingerprint density at radius 1 is 1.08 bits per heavy atom. The molecule has 206 valence electrons. The molecule has 0 aliphatic carbocycles. The molecule has 0 radical (unpaired) electrons. The number of fused-ring (bicyclic) bond motifs is 1. The van der Waals surface area contributed by atoms with Crippen LogP contribution < -0.4 is 15.4 Å². The minimum absolute atomic E-state index is 0.0366. The van der Waals surface area contributed by atoms with E-state index in [4.69, 9.17) is 4.74 Å². The largest absolute Gasteiger partial charge is 0.497 e. The lowest BCUT2D eigenvalue weighted by atomic mass is 10.0. The van der Waals surface area contributed by atoms with Crippen molar-refractivity contribution in [3.8, 4) is 5.75 Å². The molecule has 39 heavy (non-hydrogen) atoms. The summed E-state index contributed by atoms with van der Waals surface area (Å²) in [5.74, 6) is -1.03. The minimum atomic E-state index is -1.00. The van der Waals surface area contributed by atoms with Crippen LogP contribution in [0.2, 0.25) is 0 Å². The van der Waals surface area contributed by atoms with Crippen LogP contribution in [0.5, 0.6) is 5.75 Å². The quantitative estimate of drug-likeness (QED) is 0.183. The monoisotopic (exact) mass is 554 g/mol. The Bertz CT molecular complexity index is 1390. The lowest BCUT2D eigenvalue weighted by molar-refractivity contribution is -0.120. The average Bonchev–Trinajstić information content (AvgIpc) is 3.33. The normalized spacial score (nSPS) is 12.8. The van der Waals surface area contributed by atoms with E-state index >= 15 is 0 Å². The number of H-pyrrole nitrogens is 1. The first kappa shape index (κ1) is 28.5. The van der Waals surface area contributed by atoms with E-state index in [0.29, 0.717) is 23.0 Å². The molecule has 7 nitrogen and oxygen atoms in total. The van der Waals surface area contributed by atoms with Gasteiger partial charge in [-0.3, -0.25) is 4.79 Å². The number of aliphatic hydroxyl groups is 1. The van der Waals surface area contributed by atoms with Gasteiger partial charge in [0.2, 0.25) is 5.91 Å². The molecule has 0 saturated carbocycles. The number of hydrogen-bond acceptors (Lipinski definition) is 6. The molecule has 0 unspecified atom stereocenters. The van der Waals surface area contributed by atoms with Gasteiger partial charge in [0, 0.05) is 25.2 Å². The minimum Gasteiger partial charge on any atom is -0.497 e. The Morgan fingerprint density at radius 3 is 2.59 bits per heavy atom. The molecular weight excluding hydrogens is 522 g/mol. The molecule has 0 aliphatic rings. The topological polar surface area (TPSA) is 99.3 Å². The summed E-state index contributed by atoms with van der Waals surface area (Å²) in [6.45, 7) is 2.80. The maximum Gasteiger partial charge on any atom is 0.230 e. The molecule has 0 fully saturated rings. The molecule has 0 aliphatic heterocycles. The number of aryl methyl sites for hydroxylation is 1. The highest BCUT2D eigenvalue weighted by atomic mass is 32.2. The zero-order chi connectivity index (χ0) is 27.8. The molecule has 1 amide bonds. The predicted octanol–water partition coefficient (Wildman–Crippen LogP) is 4.38. The van der Waals surface area contributed by atoms with Gasteiger partial charge >= 0.3 is 0 Å². The van der Waals surface area contributed by atoms with Crippen molar-refractivity contribution in [2.75, 3.05) is 19.4 Å². The molecule has 0 spiro atoms. The van der Waals surface area contributed by atoms with Crippen molar-refractivity contribution in [1.82, 2.24) is 20.6 Å². The summed E-state index contributed by atoms with van der Waals surface area (Å²) in [5, 5.41) is 17.6. The van der Waals surface area contributed by atoms with Gasteiger partial charge in [-0.15, -0.1) is 0 Å². The van der Waals surface area contributed by atoms with E-state index in [1.165, 1.54) is 29.5 Å². The van der Waals surface area contributed by atoms with Crippen LogP contribution in [0, 0.1) is 11.6 Å². The third-order valence-electron chi connectivity index (χ3n) is 6.28. The zero-order valence-electron chi connectivity index (χ0n) is 21.8.